The van der Waals surface area contributed by atoms with Crippen LogP contribution in [-0.4, -0.2) is 44.5 Å². The molecule has 0 unspecified atom stereocenters. The van der Waals surface area contributed by atoms with Crippen molar-refractivity contribution in [3.63, 3.8) is 0 Å². The van der Waals surface area contributed by atoms with Gasteiger partial charge in [0.25, 0.3) is 10.8 Å². The number of aryl methyl sites for hydroxylation is 1. The number of hydrogen-bond acceptors (Lipinski definition) is 8. The zero-order valence-corrected chi connectivity index (χ0v) is 15.5. The molecule has 2 rings (SSSR count). The fourth-order valence-corrected chi connectivity index (χ4v) is 2.67. The summed E-state index contributed by atoms with van der Waals surface area (Å²) in [5, 5.41) is 12.1. The highest BCUT2D eigenvalue weighted by molar-refractivity contribution is 7.99. The first-order chi connectivity index (χ1) is 12.8. The Morgan fingerprint density at radius 2 is 2.11 bits per heavy atom. The van der Waals surface area contributed by atoms with Crippen LogP contribution < -0.4 is 21.9 Å². The lowest BCUT2D eigenvalue weighted by Gasteiger charge is -2.06. The van der Waals surface area contributed by atoms with E-state index in [1.807, 2.05) is 0 Å². The summed E-state index contributed by atoms with van der Waals surface area (Å²) >= 11 is 0.948. The normalized spacial score (nSPS) is 10.4. The molecule has 0 spiro atoms. The second kappa shape index (κ2) is 8.98. The Labute approximate surface area is 157 Å². The highest BCUT2D eigenvalue weighted by atomic mass is 32.2. The lowest BCUT2D eigenvalue weighted by atomic mass is 10.1. The molecule has 2 heterocycles. The molecule has 2 aromatic heterocycles. The van der Waals surface area contributed by atoms with Crippen molar-refractivity contribution < 1.29 is 14.0 Å². The first-order valence-electron chi connectivity index (χ1n) is 7.76. The number of carbonyl (C=O) groups is 2. The second-order valence-corrected chi connectivity index (χ2v) is 6.22. The lowest BCUT2D eigenvalue weighted by molar-refractivity contribution is -0.117. The Kier molecular flexibility index (Phi) is 6.71. The topological polar surface area (TPSA) is 152 Å². The third-order valence-electron chi connectivity index (χ3n) is 3.39. The van der Waals surface area contributed by atoms with Gasteiger partial charge >= 0.3 is 11.7 Å². The summed E-state index contributed by atoms with van der Waals surface area (Å²) in [5.74, 6) is -0.469. The van der Waals surface area contributed by atoms with Crippen LogP contribution in [0.25, 0.3) is 0 Å². The van der Waals surface area contributed by atoms with Crippen LogP contribution in [0.3, 0.4) is 0 Å². The Morgan fingerprint density at radius 3 is 2.78 bits per heavy atom. The molecule has 0 radical (unpaired) electrons. The van der Waals surface area contributed by atoms with E-state index in [1.54, 1.807) is 6.92 Å². The molecule has 3 amide bonds. The van der Waals surface area contributed by atoms with E-state index >= 15 is 0 Å². The van der Waals surface area contributed by atoms with Gasteiger partial charge in [0.1, 0.15) is 0 Å². The summed E-state index contributed by atoms with van der Waals surface area (Å²) in [5.41, 5.74) is -0.268. The standard InChI is InChI=1S/C15H18N6O5S/c1-4-5-21-12(23)9(8(2)17-14(21)25)6-11-19-20-15(26-11)27-7-10(22)18-13(24)16-3/h4H,1,5-7H2,2-3H3,(H,17,25)(H2,16,18,22,24). The number of aromatic nitrogens is 4. The second-order valence-electron chi connectivity index (χ2n) is 5.29. The maximum absolute atomic E-state index is 12.5. The van der Waals surface area contributed by atoms with Crippen LogP contribution in [-0.2, 0) is 17.8 Å². The molecule has 0 saturated heterocycles. The molecule has 11 nitrogen and oxygen atoms in total. The molecular formula is C15H18N6O5S. The minimum Gasteiger partial charge on any atom is -0.416 e. The van der Waals surface area contributed by atoms with Crippen molar-refractivity contribution in [1.29, 1.82) is 0 Å². The monoisotopic (exact) mass is 394 g/mol. The summed E-state index contributed by atoms with van der Waals surface area (Å²) in [7, 11) is 1.39. The molecule has 0 atom stereocenters. The number of aromatic amines is 1. The number of nitrogens with one attached hydrogen (secondary N) is 3. The first kappa shape index (κ1) is 20.2. The molecule has 0 fully saturated rings. The molecule has 0 aliphatic rings. The SMILES string of the molecule is C=CCn1c(=O)[nH]c(C)c(Cc2nnc(SCC(=O)NC(=O)NC)o2)c1=O. The van der Waals surface area contributed by atoms with Gasteiger partial charge in [0, 0.05) is 24.8 Å². The number of H-pyrrole nitrogens is 1. The van der Waals surface area contributed by atoms with Gasteiger partial charge in [-0.05, 0) is 6.92 Å². The minimum absolute atomic E-state index is 0.0244. The first-order valence-corrected chi connectivity index (χ1v) is 8.74. The Bertz CT molecular complexity index is 976. The quantitative estimate of drug-likeness (QED) is 0.422. The molecule has 12 heteroatoms. The molecule has 0 aromatic carbocycles. The van der Waals surface area contributed by atoms with Crippen LogP contribution in [0.1, 0.15) is 17.1 Å². The number of carbonyl (C=O) groups excluding carboxylic acids is 2. The van der Waals surface area contributed by atoms with Crippen LogP contribution in [0.5, 0.6) is 0 Å². The Hall–Kier alpha value is -3.15. The van der Waals surface area contributed by atoms with E-state index in [2.05, 4.69) is 32.4 Å². The maximum Gasteiger partial charge on any atom is 0.328 e. The molecule has 0 saturated carbocycles. The average Bonchev–Trinajstić information content (AvgIpc) is 3.08. The lowest BCUT2D eigenvalue weighted by Crippen LogP contribution is -2.38. The highest BCUT2D eigenvalue weighted by Gasteiger charge is 2.16. The average molecular weight is 394 g/mol. The molecule has 0 bridgehead atoms. The number of hydrogen-bond donors (Lipinski definition) is 3. The summed E-state index contributed by atoms with van der Waals surface area (Å²) in [6, 6.07) is -0.615. The largest absolute Gasteiger partial charge is 0.416 e. The third-order valence-corrected chi connectivity index (χ3v) is 4.21. The van der Waals surface area contributed by atoms with E-state index in [9.17, 15) is 19.2 Å². The van der Waals surface area contributed by atoms with Gasteiger partial charge in [-0.15, -0.1) is 16.8 Å². The van der Waals surface area contributed by atoms with Gasteiger partial charge in [0.15, 0.2) is 0 Å². The van der Waals surface area contributed by atoms with Crippen molar-refractivity contribution in [3.05, 3.63) is 50.6 Å². The zero-order valence-electron chi connectivity index (χ0n) is 14.7. The van der Waals surface area contributed by atoms with E-state index < -0.39 is 23.2 Å². The predicted molar refractivity (Wildman–Crippen MR) is 96.7 cm³/mol. The van der Waals surface area contributed by atoms with Gasteiger partial charge in [0.05, 0.1) is 12.2 Å². The van der Waals surface area contributed by atoms with Crippen molar-refractivity contribution >= 4 is 23.7 Å². The predicted octanol–water partition coefficient (Wildman–Crippen LogP) is -0.447. The number of nitrogens with zero attached hydrogens (tertiary/aromatic N) is 3. The summed E-state index contributed by atoms with van der Waals surface area (Å²) in [4.78, 5) is 49.5. The molecule has 2 aromatic rings. The Morgan fingerprint density at radius 1 is 1.37 bits per heavy atom. The number of amides is 3. The minimum atomic E-state index is -0.615. The number of imide groups is 1. The number of urea groups is 1. The molecule has 27 heavy (non-hydrogen) atoms. The van der Waals surface area contributed by atoms with E-state index in [0.29, 0.717) is 11.3 Å². The molecular weight excluding hydrogens is 376 g/mol. The summed E-state index contributed by atoms with van der Waals surface area (Å²) in [6.45, 7) is 5.20. The van der Waals surface area contributed by atoms with Crippen molar-refractivity contribution in [1.82, 2.24) is 30.4 Å². The van der Waals surface area contributed by atoms with E-state index in [4.69, 9.17) is 4.42 Å². The van der Waals surface area contributed by atoms with Gasteiger partial charge in [-0.3, -0.25) is 19.5 Å². The Balaban J connectivity index is 2.10. The third kappa shape index (κ3) is 5.17. The van der Waals surface area contributed by atoms with Crippen LogP contribution in [0, 0.1) is 6.92 Å². The van der Waals surface area contributed by atoms with Crippen LogP contribution in [0.15, 0.2) is 31.9 Å². The van der Waals surface area contributed by atoms with Crippen LogP contribution >= 0.6 is 11.8 Å². The van der Waals surface area contributed by atoms with Crippen molar-refractivity contribution in [3.8, 4) is 0 Å². The molecule has 0 aliphatic heterocycles. The summed E-state index contributed by atoms with van der Waals surface area (Å²) in [6.07, 6.45) is 1.47. The van der Waals surface area contributed by atoms with Gasteiger partial charge < -0.3 is 14.7 Å². The summed E-state index contributed by atoms with van der Waals surface area (Å²) < 4.78 is 6.43. The van der Waals surface area contributed by atoms with Crippen LogP contribution in [0.2, 0.25) is 0 Å². The van der Waals surface area contributed by atoms with E-state index in [-0.39, 0.29) is 29.8 Å². The highest BCUT2D eigenvalue weighted by Crippen LogP contribution is 2.17. The number of allylic oxidation sites excluding steroid dienone is 1. The van der Waals surface area contributed by atoms with Crippen LogP contribution in [0.4, 0.5) is 4.79 Å². The number of thioether (sulfide) groups is 1. The van der Waals surface area contributed by atoms with Gasteiger partial charge in [-0.2, -0.15) is 0 Å². The maximum atomic E-state index is 12.5. The fourth-order valence-electron chi connectivity index (χ4n) is 2.09. The van der Waals surface area contributed by atoms with E-state index in [1.165, 1.54) is 13.1 Å². The van der Waals surface area contributed by atoms with Crippen molar-refractivity contribution in [2.45, 2.75) is 25.1 Å². The molecule has 3 N–H and O–H groups in total. The molecule has 0 aliphatic carbocycles. The van der Waals surface area contributed by atoms with Crippen molar-refractivity contribution in [2.75, 3.05) is 12.8 Å². The van der Waals surface area contributed by atoms with E-state index in [0.717, 1.165) is 16.3 Å². The zero-order chi connectivity index (χ0) is 20.0. The number of rotatable bonds is 7. The van der Waals surface area contributed by atoms with Gasteiger partial charge in [-0.25, -0.2) is 9.59 Å². The fraction of sp³-hybridized carbons (Fsp3) is 0.333. The smallest absolute Gasteiger partial charge is 0.328 e. The van der Waals surface area contributed by atoms with Gasteiger partial charge in [-0.1, -0.05) is 17.8 Å². The molecule has 144 valence electrons. The van der Waals surface area contributed by atoms with Gasteiger partial charge in [0.2, 0.25) is 11.8 Å². The van der Waals surface area contributed by atoms with Crippen molar-refractivity contribution in [2.24, 2.45) is 0 Å².